The van der Waals surface area contributed by atoms with Crippen LogP contribution in [-0.4, -0.2) is 69.4 Å². The molecule has 0 radical (unpaired) electrons. The van der Waals surface area contributed by atoms with Gasteiger partial charge < -0.3 is 52.0 Å². The topological polar surface area (TPSA) is 278 Å². The van der Waals surface area contributed by atoms with Crippen molar-refractivity contribution in [1.29, 1.82) is 0 Å². The van der Waals surface area contributed by atoms with Gasteiger partial charge in [-0.25, -0.2) is 0 Å². The number of fused-ring (bicyclic) bond motifs is 3. The van der Waals surface area contributed by atoms with Crippen LogP contribution < -0.4 is 11.5 Å². The number of hydrogen-bond acceptors (Lipinski definition) is 9. The lowest BCUT2D eigenvalue weighted by Crippen LogP contribution is -2.32. The van der Waals surface area contributed by atoms with Gasteiger partial charge in [-0.2, -0.15) is 0 Å². The van der Waals surface area contributed by atoms with E-state index in [1.54, 1.807) is 37.3 Å². The minimum Gasteiger partial charge on any atom is -0.508 e. The molecule has 15 nitrogen and oxygen atoms in total. The van der Waals surface area contributed by atoms with Gasteiger partial charge >= 0.3 is 11.9 Å². The standard InChI is InChI=1S/C12H13N3O5.C12H14N2O3.C9H9NO/c1-5-7(4-8(13)12(17)18)11-9(14-5)2-6(16)3-10(11)15(19)20;1-6-9(5-10(13)12(16)17)8-3-2-7(15)4-11(8)14-6;1-6-4-7-2-3-8(11)5-9(7)10-6/h2-3,8,14,16H,4,13H2,1H3,(H,17,18);2-4,10,14-15H,5,13H2,1H3,(H,16,17);2-5,10-11H,1H3. The van der Waals surface area contributed by atoms with Crippen molar-refractivity contribution in [3.8, 4) is 17.2 Å². The normalized spacial score (nSPS) is 12.2. The molecule has 12 N–H and O–H groups in total. The monoisotopic (exact) mass is 660 g/mol. The summed E-state index contributed by atoms with van der Waals surface area (Å²) in [6, 6.07) is 12.6. The SMILES string of the molecule is Cc1[nH]c2cc(O)cc([N+](=O)[O-])c2c1CC(N)C(=O)O.Cc1[nH]c2cc(O)ccc2c1CC(N)C(=O)O.Cc1cc2ccc(O)cc2[nH]1. The van der Waals surface area contributed by atoms with Crippen LogP contribution in [0.5, 0.6) is 17.2 Å². The second-order valence-corrected chi connectivity index (χ2v) is 11.4. The van der Waals surface area contributed by atoms with Gasteiger partial charge in [0.15, 0.2) is 0 Å². The number of nitro groups is 1. The highest BCUT2D eigenvalue weighted by molar-refractivity contribution is 5.95. The number of phenols is 3. The molecule has 252 valence electrons. The molecule has 48 heavy (non-hydrogen) atoms. The van der Waals surface area contributed by atoms with Gasteiger partial charge in [0.1, 0.15) is 29.3 Å². The van der Waals surface area contributed by atoms with Crippen molar-refractivity contribution < 1.29 is 40.0 Å². The van der Waals surface area contributed by atoms with Gasteiger partial charge in [0.25, 0.3) is 5.69 Å². The lowest BCUT2D eigenvalue weighted by atomic mass is 10.0. The number of nitrogens with zero attached hydrogens (tertiary/aromatic N) is 1. The van der Waals surface area contributed by atoms with Crippen LogP contribution in [0.4, 0.5) is 5.69 Å². The number of hydrogen-bond donors (Lipinski definition) is 10. The van der Waals surface area contributed by atoms with E-state index in [4.69, 9.17) is 26.8 Å². The molecule has 0 aliphatic rings. The summed E-state index contributed by atoms with van der Waals surface area (Å²) in [5.41, 5.74) is 16.8. The van der Waals surface area contributed by atoms with Crippen molar-refractivity contribution in [3.05, 3.63) is 92.9 Å². The number of H-pyrrole nitrogens is 3. The number of phenolic OH excluding ortho intramolecular Hbond substituents is 3. The maximum absolute atomic E-state index is 11.1. The molecule has 0 aliphatic heterocycles. The van der Waals surface area contributed by atoms with E-state index in [-0.39, 0.29) is 35.4 Å². The molecule has 0 saturated carbocycles. The Morgan fingerprint density at radius 2 is 1.25 bits per heavy atom. The van der Waals surface area contributed by atoms with Crippen molar-refractivity contribution in [3.63, 3.8) is 0 Å². The fraction of sp³-hybridized carbons (Fsp3) is 0.212. The highest BCUT2D eigenvalue weighted by Gasteiger charge is 2.24. The average Bonchev–Trinajstić information content (AvgIpc) is 3.63. The van der Waals surface area contributed by atoms with Crippen LogP contribution in [-0.2, 0) is 22.4 Å². The molecule has 2 unspecified atom stereocenters. The molecule has 3 aromatic carbocycles. The summed E-state index contributed by atoms with van der Waals surface area (Å²) in [5, 5.41) is 59.0. The van der Waals surface area contributed by atoms with Gasteiger partial charge in [-0.05, 0) is 67.6 Å². The zero-order valence-corrected chi connectivity index (χ0v) is 26.2. The number of rotatable bonds is 7. The molecule has 0 amide bonds. The Hall–Kier alpha value is -6.06. The molecule has 0 fully saturated rings. The van der Waals surface area contributed by atoms with Gasteiger partial charge in [-0.3, -0.25) is 19.7 Å². The maximum Gasteiger partial charge on any atom is 0.320 e. The first kappa shape index (κ1) is 34.8. The fourth-order valence-electron chi connectivity index (χ4n) is 5.41. The van der Waals surface area contributed by atoms with Crippen LogP contribution in [0.1, 0.15) is 28.2 Å². The number of aryl methyl sites for hydroxylation is 3. The Morgan fingerprint density at radius 3 is 1.85 bits per heavy atom. The van der Waals surface area contributed by atoms with Crippen LogP contribution in [0.3, 0.4) is 0 Å². The predicted molar refractivity (Wildman–Crippen MR) is 179 cm³/mol. The summed E-state index contributed by atoms with van der Waals surface area (Å²) in [7, 11) is 0. The molecule has 6 rings (SSSR count). The molecule has 0 aliphatic carbocycles. The highest BCUT2D eigenvalue weighted by Crippen LogP contribution is 2.35. The van der Waals surface area contributed by atoms with E-state index < -0.39 is 28.9 Å². The van der Waals surface area contributed by atoms with Crippen LogP contribution in [0.25, 0.3) is 32.7 Å². The first-order chi connectivity index (χ1) is 22.5. The number of carboxylic acids is 2. The number of nitrogens with one attached hydrogen (secondary N) is 3. The van der Waals surface area contributed by atoms with Crippen LogP contribution >= 0.6 is 0 Å². The minimum atomic E-state index is -1.18. The smallest absolute Gasteiger partial charge is 0.320 e. The first-order valence-corrected chi connectivity index (χ1v) is 14.6. The van der Waals surface area contributed by atoms with E-state index in [0.717, 1.165) is 44.8 Å². The van der Waals surface area contributed by atoms with Gasteiger partial charge in [0.05, 0.1) is 21.9 Å². The van der Waals surface area contributed by atoms with Crippen molar-refractivity contribution in [2.75, 3.05) is 0 Å². The third kappa shape index (κ3) is 7.83. The van der Waals surface area contributed by atoms with Gasteiger partial charge in [-0.1, -0.05) is 0 Å². The number of nitrogens with two attached hydrogens (primary N) is 2. The number of nitro benzene ring substituents is 1. The van der Waals surface area contributed by atoms with Crippen molar-refractivity contribution in [2.24, 2.45) is 11.5 Å². The number of benzene rings is 3. The molecule has 6 aromatic rings. The van der Waals surface area contributed by atoms with Crippen molar-refractivity contribution in [2.45, 2.75) is 45.7 Å². The molecule has 3 heterocycles. The minimum absolute atomic E-state index is 0.0349. The van der Waals surface area contributed by atoms with Gasteiger partial charge in [0.2, 0.25) is 0 Å². The lowest BCUT2D eigenvalue weighted by Gasteiger charge is -2.06. The maximum atomic E-state index is 11.1. The number of aliphatic carboxylic acids is 2. The zero-order chi connectivity index (χ0) is 35.4. The molecule has 3 aromatic heterocycles. The summed E-state index contributed by atoms with van der Waals surface area (Å²) < 4.78 is 0. The van der Waals surface area contributed by atoms with Crippen molar-refractivity contribution >= 4 is 50.3 Å². The molecular formula is C33H36N6O9. The average molecular weight is 661 g/mol. The predicted octanol–water partition coefficient (Wildman–Crippen LogP) is 4.36. The summed E-state index contributed by atoms with van der Waals surface area (Å²) in [4.78, 5) is 41.2. The number of carbonyl (C=O) groups is 2. The summed E-state index contributed by atoms with van der Waals surface area (Å²) in [6.07, 6.45) is 0.235. The van der Waals surface area contributed by atoms with E-state index in [2.05, 4.69) is 21.0 Å². The number of aromatic amines is 3. The van der Waals surface area contributed by atoms with E-state index in [0.29, 0.717) is 22.5 Å². The van der Waals surface area contributed by atoms with Crippen LogP contribution in [0.15, 0.2) is 54.6 Å². The third-order valence-electron chi connectivity index (χ3n) is 7.70. The van der Waals surface area contributed by atoms with Gasteiger partial charge in [0, 0.05) is 64.5 Å². The molecular weight excluding hydrogens is 624 g/mol. The number of aromatic nitrogens is 3. The van der Waals surface area contributed by atoms with E-state index in [9.17, 15) is 29.9 Å². The van der Waals surface area contributed by atoms with Gasteiger partial charge in [-0.15, -0.1) is 0 Å². The molecule has 0 spiro atoms. The lowest BCUT2D eigenvalue weighted by molar-refractivity contribution is -0.383. The van der Waals surface area contributed by atoms with Crippen LogP contribution in [0, 0.1) is 30.9 Å². The third-order valence-corrected chi connectivity index (χ3v) is 7.70. The Kier molecular flexibility index (Phi) is 10.3. The molecule has 2 atom stereocenters. The van der Waals surface area contributed by atoms with E-state index >= 15 is 0 Å². The quantitative estimate of drug-likeness (QED) is 0.0848. The number of carboxylic acid groups (broad SMARTS) is 2. The second-order valence-electron chi connectivity index (χ2n) is 11.4. The largest absolute Gasteiger partial charge is 0.508 e. The summed E-state index contributed by atoms with van der Waals surface area (Å²) in [5.74, 6) is -1.95. The fourth-order valence-corrected chi connectivity index (χ4v) is 5.41. The molecule has 0 saturated heterocycles. The first-order valence-electron chi connectivity index (χ1n) is 14.6. The van der Waals surface area contributed by atoms with E-state index in [1.165, 1.54) is 6.07 Å². The van der Waals surface area contributed by atoms with Crippen molar-refractivity contribution in [1.82, 2.24) is 15.0 Å². The Balaban J connectivity index is 0.000000169. The Morgan fingerprint density at radius 1 is 0.729 bits per heavy atom. The summed E-state index contributed by atoms with van der Waals surface area (Å²) in [6.45, 7) is 5.53. The number of aromatic hydroxyl groups is 3. The second kappa shape index (κ2) is 14.1. The Bertz CT molecular complexity index is 2150. The highest BCUT2D eigenvalue weighted by atomic mass is 16.6. The van der Waals surface area contributed by atoms with Crippen LogP contribution in [0.2, 0.25) is 0 Å². The molecule has 0 bridgehead atoms. The van der Waals surface area contributed by atoms with E-state index in [1.807, 2.05) is 19.9 Å². The molecule has 15 heteroatoms. The Labute approximate surface area is 272 Å². The summed E-state index contributed by atoms with van der Waals surface area (Å²) >= 11 is 0. The zero-order valence-electron chi connectivity index (χ0n) is 26.2. The number of non-ortho nitro benzene ring substituents is 1.